The lowest BCUT2D eigenvalue weighted by atomic mass is 10.0. The maximum atomic E-state index is 13.4. The summed E-state index contributed by atoms with van der Waals surface area (Å²) in [6, 6.07) is 15.8. The van der Waals surface area contributed by atoms with Gasteiger partial charge in [-0.05, 0) is 64.2 Å². The molecule has 0 fully saturated rings. The zero-order valence-electron chi connectivity index (χ0n) is 19.3. The Kier molecular flexibility index (Phi) is 8.22. The van der Waals surface area contributed by atoms with Gasteiger partial charge >= 0.3 is 0 Å². The van der Waals surface area contributed by atoms with Crippen molar-refractivity contribution in [1.29, 1.82) is 0 Å². The first-order valence-corrected chi connectivity index (χ1v) is 10.8. The van der Waals surface area contributed by atoms with Crippen molar-refractivity contribution >= 4 is 11.8 Å². The van der Waals surface area contributed by atoms with Crippen molar-refractivity contribution in [3.05, 3.63) is 70.8 Å². The Morgan fingerprint density at radius 2 is 1.70 bits per heavy atom. The van der Waals surface area contributed by atoms with E-state index in [1.165, 1.54) is 0 Å². The van der Waals surface area contributed by atoms with Crippen LogP contribution in [0.25, 0.3) is 0 Å². The van der Waals surface area contributed by atoms with Gasteiger partial charge in [-0.25, -0.2) is 0 Å². The predicted molar refractivity (Wildman–Crippen MR) is 123 cm³/mol. The second kappa shape index (κ2) is 10.4. The summed E-state index contributed by atoms with van der Waals surface area (Å²) < 4.78 is 0. The highest BCUT2D eigenvalue weighted by Crippen LogP contribution is 2.16. The first kappa shape index (κ1) is 23.7. The van der Waals surface area contributed by atoms with Gasteiger partial charge in [0.2, 0.25) is 11.8 Å². The van der Waals surface area contributed by atoms with Crippen molar-refractivity contribution < 1.29 is 9.59 Å². The highest BCUT2D eigenvalue weighted by molar-refractivity contribution is 5.89. The summed E-state index contributed by atoms with van der Waals surface area (Å²) in [5.74, 6) is -0.0945. The summed E-state index contributed by atoms with van der Waals surface area (Å²) in [6.07, 6.45) is 1.61. The van der Waals surface area contributed by atoms with E-state index >= 15 is 0 Å². The van der Waals surface area contributed by atoms with Gasteiger partial charge < -0.3 is 10.2 Å². The Hall–Kier alpha value is -2.62. The third-order valence-electron chi connectivity index (χ3n) is 5.21. The summed E-state index contributed by atoms with van der Waals surface area (Å²) in [5.41, 5.74) is 4.08. The van der Waals surface area contributed by atoms with Crippen LogP contribution in [0.4, 0.5) is 0 Å². The number of benzene rings is 2. The summed E-state index contributed by atoms with van der Waals surface area (Å²) in [7, 11) is 0. The maximum absolute atomic E-state index is 13.4. The fourth-order valence-corrected chi connectivity index (χ4v) is 3.60. The number of carbonyl (C=O) groups is 2. The molecule has 30 heavy (non-hydrogen) atoms. The number of hydrogen-bond donors (Lipinski definition) is 1. The predicted octanol–water partition coefficient (Wildman–Crippen LogP) is 4.61. The van der Waals surface area contributed by atoms with Crippen LogP contribution in [0.2, 0.25) is 0 Å². The molecule has 4 heteroatoms. The molecule has 0 saturated carbocycles. The van der Waals surface area contributed by atoms with Gasteiger partial charge in [-0.3, -0.25) is 9.59 Å². The van der Waals surface area contributed by atoms with E-state index in [9.17, 15) is 9.59 Å². The van der Waals surface area contributed by atoms with E-state index in [1.807, 2.05) is 59.7 Å². The topological polar surface area (TPSA) is 49.4 Å². The Bertz CT molecular complexity index is 853. The van der Waals surface area contributed by atoms with Gasteiger partial charge in [0.05, 0.1) is 6.42 Å². The molecule has 2 aromatic carbocycles. The average Bonchev–Trinajstić information content (AvgIpc) is 2.67. The average molecular weight is 409 g/mol. The van der Waals surface area contributed by atoms with Crippen LogP contribution in [0.15, 0.2) is 48.5 Å². The molecule has 1 N–H and O–H groups in total. The zero-order valence-corrected chi connectivity index (χ0v) is 19.3. The molecule has 2 rings (SSSR count). The van der Waals surface area contributed by atoms with Gasteiger partial charge in [0.1, 0.15) is 6.04 Å². The molecule has 4 nitrogen and oxygen atoms in total. The molecule has 0 heterocycles. The highest BCUT2D eigenvalue weighted by Gasteiger charge is 2.30. The molecule has 0 aliphatic heterocycles. The van der Waals surface area contributed by atoms with Crippen molar-refractivity contribution in [2.75, 3.05) is 6.54 Å². The molecule has 0 aromatic heterocycles. The lowest BCUT2D eigenvalue weighted by Gasteiger charge is -2.33. The third kappa shape index (κ3) is 7.01. The summed E-state index contributed by atoms with van der Waals surface area (Å²) in [5, 5.41) is 3.06. The van der Waals surface area contributed by atoms with E-state index in [4.69, 9.17) is 0 Å². The molecular formula is C26H36N2O2. The molecule has 0 bridgehead atoms. The molecule has 1 atom stereocenters. The second-order valence-electron chi connectivity index (χ2n) is 9.09. The minimum Gasteiger partial charge on any atom is -0.350 e. The largest absolute Gasteiger partial charge is 0.350 e. The molecule has 0 unspecified atom stereocenters. The van der Waals surface area contributed by atoms with Crippen LogP contribution in [-0.2, 0) is 22.4 Å². The van der Waals surface area contributed by atoms with Gasteiger partial charge in [-0.15, -0.1) is 0 Å². The second-order valence-corrected chi connectivity index (χ2v) is 9.09. The Morgan fingerprint density at radius 1 is 1.03 bits per heavy atom. The number of carbonyl (C=O) groups excluding carboxylic acids is 2. The van der Waals surface area contributed by atoms with Crippen LogP contribution in [0, 0.1) is 13.8 Å². The zero-order chi connectivity index (χ0) is 22.3. The standard InChI is InChI=1S/C26H36N2O2/c1-7-23(25(30)27-26(4,5)6)28(16-15-21-11-9-8-10-12-21)24(29)18-22-17-19(2)13-14-20(22)3/h8-14,17,23H,7,15-16,18H2,1-6H3,(H,27,30)/t23-/m1/s1. The smallest absolute Gasteiger partial charge is 0.243 e. The van der Waals surface area contributed by atoms with Crippen molar-refractivity contribution in [1.82, 2.24) is 10.2 Å². The number of nitrogens with one attached hydrogen (secondary N) is 1. The van der Waals surface area contributed by atoms with Crippen LogP contribution >= 0.6 is 0 Å². The molecule has 2 aromatic rings. The van der Waals surface area contributed by atoms with Crippen LogP contribution < -0.4 is 5.32 Å². The number of amides is 2. The van der Waals surface area contributed by atoms with Crippen LogP contribution in [-0.4, -0.2) is 34.8 Å². The Morgan fingerprint density at radius 3 is 2.30 bits per heavy atom. The van der Waals surface area contributed by atoms with Gasteiger partial charge in [0.15, 0.2) is 0 Å². The van der Waals surface area contributed by atoms with E-state index in [0.29, 0.717) is 19.4 Å². The number of hydrogen-bond acceptors (Lipinski definition) is 2. The van der Waals surface area contributed by atoms with Gasteiger partial charge in [0.25, 0.3) is 0 Å². The summed E-state index contributed by atoms with van der Waals surface area (Å²) in [4.78, 5) is 28.2. The molecule has 2 amide bonds. The minimum absolute atomic E-state index is 0.00413. The van der Waals surface area contributed by atoms with Crippen molar-refractivity contribution in [2.24, 2.45) is 0 Å². The summed E-state index contributed by atoms with van der Waals surface area (Å²) >= 11 is 0. The van der Waals surface area contributed by atoms with Crippen LogP contribution in [0.1, 0.15) is 56.4 Å². The van der Waals surface area contributed by atoms with Gasteiger partial charge in [-0.2, -0.15) is 0 Å². The number of aryl methyl sites for hydroxylation is 2. The molecular weight excluding hydrogens is 372 g/mol. The van der Waals surface area contributed by atoms with E-state index in [0.717, 1.165) is 28.7 Å². The SMILES string of the molecule is CC[C@H](C(=O)NC(C)(C)C)N(CCc1ccccc1)C(=O)Cc1cc(C)ccc1C. The maximum Gasteiger partial charge on any atom is 0.243 e. The molecule has 0 saturated heterocycles. The summed E-state index contributed by atoms with van der Waals surface area (Å²) in [6.45, 7) is 12.4. The first-order valence-electron chi connectivity index (χ1n) is 10.8. The van der Waals surface area contributed by atoms with E-state index in [-0.39, 0.29) is 17.4 Å². The van der Waals surface area contributed by atoms with Crippen molar-refractivity contribution in [3.63, 3.8) is 0 Å². The quantitative estimate of drug-likeness (QED) is 0.693. The molecule has 0 radical (unpaired) electrons. The van der Waals surface area contributed by atoms with E-state index in [1.54, 1.807) is 4.90 Å². The van der Waals surface area contributed by atoms with Gasteiger partial charge in [-0.1, -0.05) is 61.0 Å². The fraction of sp³-hybridized carbons (Fsp3) is 0.462. The Balaban J connectivity index is 2.27. The molecule has 0 aliphatic rings. The molecule has 162 valence electrons. The van der Waals surface area contributed by atoms with Crippen LogP contribution in [0.5, 0.6) is 0 Å². The Labute approximate surface area is 181 Å². The molecule has 0 aliphatic carbocycles. The third-order valence-corrected chi connectivity index (χ3v) is 5.21. The molecule has 0 spiro atoms. The lowest BCUT2D eigenvalue weighted by molar-refractivity contribution is -0.140. The van der Waals surface area contributed by atoms with E-state index in [2.05, 4.69) is 35.6 Å². The normalized spacial score (nSPS) is 12.3. The minimum atomic E-state index is -0.481. The first-order chi connectivity index (χ1) is 14.1. The van der Waals surface area contributed by atoms with Crippen LogP contribution in [0.3, 0.4) is 0 Å². The van der Waals surface area contributed by atoms with Crippen molar-refractivity contribution in [3.8, 4) is 0 Å². The monoisotopic (exact) mass is 408 g/mol. The van der Waals surface area contributed by atoms with Crippen molar-refractivity contribution in [2.45, 2.75) is 72.4 Å². The van der Waals surface area contributed by atoms with E-state index < -0.39 is 6.04 Å². The number of nitrogens with zero attached hydrogens (tertiary/aromatic N) is 1. The highest BCUT2D eigenvalue weighted by atomic mass is 16.2. The number of rotatable bonds is 8. The fourth-order valence-electron chi connectivity index (χ4n) is 3.60. The van der Waals surface area contributed by atoms with Gasteiger partial charge in [0, 0.05) is 12.1 Å². The lowest BCUT2D eigenvalue weighted by Crippen LogP contribution is -2.54.